The van der Waals surface area contributed by atoms with E-state index in [-0.39, 0.29) is 11.9 Å². The van der Waals surface area contributed by atoms with Crippen molar-refractivity contribution in [3.8, 4) is 0 Å². The van der Waals surface area contributed by atoms with Crippen LogP contribution in [0.2, 0.25) is 0 Å². The van der Waals surface area contributed by atoms with Gasteiger partial charge in [0.15, 0.2) is 0 Å². The van der Waals surface area contributed by atoms with Crippen molar-refractivity contribution in [2.45, 2.75) is 45.2 Å². The molecule has 1 saturated heterocycles. The Bertz CT molecular complexity index is 458. The van der Waals surface area contributed by atoms with Crippen LogP contribution in [0.25, 0.3) is 0 Å². The number of nitrogens with zero attached hydrogens (tertiary/aromatic N) is 1. The summed E-state index contributed by atoms with van der Waals surface area (Å²) in [4.78, 5) is 14.5. The average molecular weight is 290 g/mol. The van der Waals surface area contributed by atoms with Gasteiger partial charge in [-0.15, -0.1) is 0 Å². The average Bonchev–Trinajstić information content (AvgIpc) is 2.48. The van der Waals surface area contributed by atoms with Crippen molar-refractivity contribution in [2.75, 3.05) is 25.6 Å². The van der Waals surface area contributed by atoms with Crippen LogP contribution in [-0.2, 0) is 4.74 Å². The van der Waals surface area contributed by atoms with Gasteiger partial charge < -0.3 is 15.0 Å². The van der Waals surface area contributed by atoms with Gasteiger partial charge in [-0.1, -0.05) is 0 Å². The van der Waals surface area contributed by atoms with Crippen molar-refractivity contribution in [1.29, 1.82) is 0 Å². The van der Waals surface area contributed by atoms with Crippen LogP contribution in [0, 0.1) is 0 Å². The number of carbonyl (C=O) groups is 1. The maximum absolute atomic E-state index is 12.5. The number of rotatable bonds is 5. The lowest BCUT2D eigenvalue weighted by atomic mass is 10.0. The van der Waals surface area contributed by atoms with E-state index in [0.29, 0.717) is 12.6 Å². The van der Waals surface area contributed by atoms with Crippen LogP contribution >= 0.6 is 0 Å². The largest absolute Gasteiger partial charge is 0.383 e. The second-order valence-corrected chi connectivity index (χ2v) is 5.92. The molecule has 1 heterocycles. The van der Waals surface area contributed by atoms with Crippen molar-refractivity contribution in [3.05, 3.63) is 29.8 Å². The summed E-state index contributed by atoms with van der Waals surface area (Å²) in [7, 11) is 1.69. The molecule has 0 bridgehead atoms. The van der Waals surface area contributed by atoms with Crippen molar-refractivity contribution >= 4 is 11.6 Å². The summed E-state index contributed by atoms with van der Waals surface area (Å²) in [6, 6.07) is 8.35. The van der Waals surface area contributed by atoms with E-state index in [2.05, 4.69) is 19.2 Å². The molecule has 2 atom stereocenters. The maximum atomic E-state index is 12.5. The van der Waals surface area contributed by atoms with Gasteiger partial charge >= 0.3 is 0 Å². The minimum atomic E-state index is 0.152. The van der Waals surface area contributed by atoms with Crippen LogP contribution in [0.15, 0.2) is 24.3 Å². The second-order valence-electron chi connectivity index (χ2n) is 5.92. The smallest absolute Gasteiger partial charge is 0.254 e. The highest BCUT2D eigenvalue weighted by Gasteiger charge is 2.23. The molecule has 0 aliphatic carbocycles. The molecule has 4 nitrogen and oxygen atoms in total. The van der Waals surface area contributed by atoms with E-state index in [1.807, 2.05) is 29.2 Å². The van der Waals surface area contributed by atoms with Crippen molar-refractivity contribution < 1.29 is 9.53 Å². The van der Waals surface area contributed by atoms with Gasteiger partial charge in [0.25, 0.3) is 5.91 Å². The first-order chi connectivity index (χ1) is 10.1. The number of amides is 1. The summed E-state index contributed by atoms with van der Waals surface area (Å²) < 4.78 is 5.11. The molecule has 4 heteroatoms. The number of hydrogen-bond donors (Lipinski definition) is 1. The number of anilines is 1. The standard InChI is InChI=1S/C17H26N2O2/c1-13(12-21-3)18-16-9-7-15(8-10-16)17(20)19-11-5-4-6-14(19)2/h7-10,13-14,18H,4-6,11-12H2,1-3H3/t13-,14+/m0/s1. The molecule has 21 heavy (non-hydrogen) atoms. The zero-order valence-corrected chi connectivity index (χ0v) is 13.3. The normalized spacial score (nSPS) is 20.1. The Morgan fingerprint density at radius 1 is 1.38 bits per heavy atom. The molecule has 0 aromatic heterocycles. The van der Waals surface area contributed by atoms with Gasteiger partial charge in [-0.2, -0.15) is 0 Å². The lowest BCUT2D eigenvalue weighted by molar-refractivity contribution is 0.0635. The highest BCUT2D eigenvalue weighted by atomic mass is 16.5. The van der Waals surface area contributed by atoms with Crippen LogP contribution in [-0.4, -0.2) is 43.2 Å². The molecule has 1 fully saturated rings. The first-order valence-corrected chi connectivity index (χ1v) is 7.78. The molecule has 0 spiro atoms. The number of piperidine rings is 1. The predicted molar refractivity (Wildman–Crippen MR) is 85.8 cm³/mol. The van der Waals surface area contributed by atoms with E-state index >= 15 is 0 Å². The first kappa shape index (κ1) is 15.8. The lowest BCUT2D eigenvalue weighted by Gasteiger charge is -2.33. The minimum Gasteiger partial charge on any atom is -0.383 e. The Kier molecular flexibility index (Phi) is 5.62. The zero-order chi connectivity index (χ0) is 15.2. The fraction of sp³-hybridized carbons (Fsp3) is 0.588. The predicted octanol–water partition coefficient (Wildman–Crippen LogP) is 3.15. The van der Waals surface area contributed by atoms with Crippen LogP contribution in [0.1, 0.15) is 43.5 Å². The third-order valence-electron chi connectivity index (χ3n) is 4.03. The molecule has 116 valence electrons. The van der Waals surface area contributed by atoms with E-state index in [1.54, 1.807) is 7.11 Å². The van der Waals surface area contributed by atoms with E-state index < -0.39 is 0 Å². The van der Waals surface area contributed by atoms with E-state index in [1.165, 1.54) is 6.42 Å². The molecule has 1 aromatic rings. The Morgan fingerprint density at radius 3 is 2.71 bits per heavy atom. The monoisotopic (exact) mass is 290 g/mol. The van der Waals surface area contributed by atoms with Crippen molar-refractivity contribution in [3.63, 3.8) is 0 Å². The van der Waals surface area contributed by atoms with Gasteiger partial charge in [0.05, 0.1) is 6.61 Å². The first-order valence-electron chi connectivity index (χ1n) is 7.78. The fourth-order valence-corrected chi connectivity index (χ4v) is 2.85. The minimum absolute atomic E-state index is 0.152. The third kappa shape index (κ3) is 4.21. The molecule has 1 aliphatic rings. The molecule has 1 amide bonds. The highest BCUT2D eigenvalue weighted by molar-refractivity contribution is 5.94. The third-order valence-corrected chi connectivity index (χ3v) is 4.03. The molecular weight excluding hydrogens is 264 g/mol. The number of nitrogens with one attached hydrogen (secondary N) is 1. The molecule has 1 N–H and O–H groups in total. The summed E-state index contributed by atoms with van der Waals surface area (Å²) in [6.07, 6.45) is 3.45. The Morgan fingerprint density at radius 2 is 2.10 bits per heavy atom. The molecule has 0 radical (unpaired) electrons. The zero-order valence-electron chi connectivity index (χ0n) is 13.3. The SMILES string of the molecule is COC[C@H](C)Nc1ccc(C(=O)N2CCCC[C@H]2C)cc1. The van der Waals surface area contributed by atoms with Crippen LogP contribution in [0.3, 0.4) is 0 Å². The molecule has 0 unspecified atom stereocenters. The number of methoxy groups -OCH3 is 1. The molecular formula is C17H26N2O2. The Hall–Kier alpha value is -1.55. The van der Waals surface area contributed by atoms with Crippen LogP contribution in [0.5, 0.6) is 0 Å². The summed E-state index contributed by atoms with van der Waals surface area (Å²) >= 11 is 0. The highest BCUT2D eigenvalue weighted by Crippen LogP contribution is 2.20. The Labute approximate surface area is 127 Å². The van der Waals surface area contributed by atoms with Gasteiger partial charge in [0, 0.05) is 37.0 Å². The second kappa shape index (κ2) is 7.46. The summed E-state index contributed by atoms with van der Waals surface area (Å²) in [5, 5.41) is 3.35. The number of benzene rings is 1. The Balaban J connectivity index is 1.99. The fourth-order valence-electron chi connectivity index (χ4n) is 2.85. The van der Waals surface area contributed by atoms with E-state index in [4.69, 9.17) is 4.74 Å². The molecule has 1 aromatic carbocycles. The van der Waals surface area contributed by atoms with Crippen LogP contribution < -0.4 is 5.32 Å². The van der Waals surface area contributed by atoms with Gasteiger partial charge in [-0.25, -0.2) is 0 Å². The number of ether oxygens (including phenoxy) is 1. The van der Waals surface area contributed by atoms with Gasteiger partial charge in [-0.3, -0.25) is 4.79 Å². The van der Waals surface area contributed by atoms with Gasteiger partial charge in [0.2, 0.25) is 0 Å². The van der Waals surface area contributed by atoms with Crippen molar-refractivity contribution in [1.82, 2.24) is 4.90 Å². The van der Waals surface area contributed by atoms with Crippen LogP contribution in [0.4, 0.5) is 5.69 Å². The quantitative estimate of drug-likeness (QED) is 0.905. The molecule has 2 rings (SSSR count). The molecule has 1 aliphatic heterocycles. The van der Waals surface area contributed by atoms with Gasteiger partial charge in [-0.05, 0) is 57.4 Å². The summed E-state index contributed by atoms with van der Waals surface area (Å²) in [5.41, 5.74) is 1.79. The summed E-state index contributed by atoms with van der Waals surface area (Å²) in [5.74, 6) is 0.152. The number of likely N-dealkylation sites (tertiary alicyclic amines) is 1. The van der Waals surface area contributed by atoms with E-state index in [0.717, 1.165) is 30.6 Å². The molecule has 0 saturated carbocycles. The topological polar surface area (TPSA) is 41.6 Å². The number of carbonyl (C=O) groups excluding carboxylic acids is 1. The number of hydrogen-bond acceptors (Lipinski definition) is 3. The van der Waals surface area contributed by atoms with E-state index in [9.17, 15) is 4.79 Å². The van der Waals surface area contributed by atoms with Gasteiger partial charge in [0.1, 0.15) is 0 Å². The lowest BCUT2D eigenvalue weighted by Crippen LogP contribution is -2.42. The van der Waals surface area contributed by atoms with Crippen molar-refractivity contribution in [2.24, 2.45) is 0 Å². The maximum Gasteiger partial charge on any atom is 0.254 e. The summed E-state index contributed by atoms with van der Waals surface area (Å²) in [6.45, 7) is 5.74.